The summed E-state index contributed by atoms with van der Waals surface area (Å²) in [5.74, 6) is 0.883. The Morgan fingerprint density at radius 2 is 1.95 bits per heavy atom. The zero-order chi connectivity index (χ0) is 14.4. The Hall–Kier alpha value is -1.53. The van der Waals surface area contributed by atoms with E-state index in [0.717, 1.165) is 31.0 Å². The molecule has 0 aliphatic heterocycles. The largest absolute Gasteiger partial charge is 0.359 e. The molecule has 5 nitrogen and oxygen atoms in total. The number of thioether (sulfide) groups is 1. The standard InChI is InChI=1S/C14H19N3O2S/c1-3-16(4-2)10-11-20-14-13(17(18)19-15-14)12-8-6-5-7-9-12/h5-9H,3-4,10-11H2,1-2H3. The third-order valence-electron chi connectivity index (χ3n) is 3.17. The van der Waals surface area contributed by atoms with Crippen LogP contribution in [0.25, 0.3) is 11.3 Å². The smallest absolute Gasteiger partial charge is 0.282 e. The van der Waals surface area contributed by atoms with Crippen LogP contribution in [0.4, 0.5) is 0 Å². The lowest BCUT2D eigenvalue weighted by Gasteiger charge is -2.16. The first-order valence-corrected chi connectivity index (χ1v) is 7.75. The predicted octanol–water partition coefficient (Wildman–Crippen LogP) is 2.41. The number of benzene rings is 1. The van der Waals surface area contributed by atoms with Crippen molar-refractivity contribution in [1.82, 2.24) is 10.1 Å². The van der Waals surface area contributed by atoms with Gasteiger partial charge in [0.15, 0.2) is 0 Å². The van der Waals surface area contributed by atoms with Gasteiger partial charge in [-0.2, -0.15) is 0 Å². The van der Waals surface area contributed by atoms with Gasteiger partial charge in [-0.05, 0) is 18.0 Å². The SMILES string of the molecule is CCN(CC)CCSc1no[n+]([O-])c1-c1ccccc1. The van der Waals surface area contributed by atoms with Crippen molar-refractivity contribution in [3.8, 4) is 11.3 Å². The summed E-state index contributed by atoms with van der Waals surface area (Å²) in [7, 11) is 0. The molecule has 0 bridgehead atoms. The van der Waals surface area contributed by atoms with Gasteiger partial charge in [0.05, 0.1) is 5.16 Å². The van der Waals surface area contributed by atoms with E-state index < -0.39 is 0 Å². The van der Waals surface area contributed by atoms with Crippen LogP contribution in [0, 0.1) is 5.21 Å². The maximum Gasteiger partial charge on any atom is 0.282 e. The van der Waals surface area contributed by atoms with Gasteiger partial charge in [-0.15, -0.1) is 0 Å². The average molecular weight is 293 g/mol. The van der Waals surface area contributed by atoms with Crippen molar-refractivity contribution >= 4 is 11.8 Å². The number of hydrogen-bond donors (Lipinski definition) is 0. The highest BCUT2D eigenvalue weighted by atomic mass is 32.2. The molecule has 108 valence electrons. The third kappa shape index (κ3) is 3.52. The van der Waals surface area contributed by atoms with Crippen LogP contribution in [0.3, 0.4) is 0 Å². The van der Waals surface area contributed by atoms with E-state index in [9.17, 15) is 5.21 Å². The molecule has 0 radical (unpaired) electrons. The van der Waals surface area contributed by atoms with E-state index in [1.54, 1.807) is 11.8 Å². The average Bonchev–Trinajstić information content (AvgIpc) is 2.85. The van der Waals surface area contributed by atoms with Gasteiger partial charge in [0.2, 0.25) is 5.69 Å². The lowest BCUT2D eigenvalue weighted by atomic mass is 10.2. The van der Waals surface area contributed by atoms with Crippen molar-refractivity contribution in [2.45, 2.75) is 18.9 Å². The van der Waals surface area contributed by atoms with Crippen molar-refractivity contribution in [3.63, 3.8) is 0 Å². The summed E-state index contributed by atoms with van der Waals surface area (Å²) in [4.78, 5) is 2.82. The molecule has 1 heterocycles. The van der Waals surface area contributed by atoms with Gasteiger partial charge in [0, 0.05) is 17.9 Å². The van der Waals surface area contributed by atoms with Crippen molar-refractivity contribution < 1.29 is 9.53 Å². The van der Waals surface area contributed by atoms with Crippen LogP contribution in [-0.2, 0) is 0 Å². The first-order valence-electron chi connectivity index (χ1n) is 6.76. The minimum absolute atomic E-state index is 0.481. The van der Waals surface area contributed by atoms with Gasteiger partial charge in [-0.3, -0.25) is 4.63 Å². The van der Waals surface area contributed by atoms with Crippen molar-refractivity contribution in [2.75, 3.05) is 25.4 Å². The van der Waals surface area contributed by atoms with Crippen LogP contribution in [0.5, 0.6) is 0 Å². The van der Waals surface area contributed by atoms with E-state index in [-0.39, 0.29) is 0 Å². The first kappa shape index (κ1) is 14.9. The molecule has 1 aromatic heterocycles. The van der Waals surface area contributed by atoms with Crippen molar-refractivity contribution in [2.24, 2.45) is 0 Å². The highest BCUT2D eigenvalue weighted by Gasteiger charge is 2.21. The normalized spacial score (nSPS) is 11.2. The van der Waals surface area contributed by atoms with E-state index in [1.165, 1.54) is 0 Å². The minimum atomic E-state index is 0.481. The quantitative estimate of drug-likeness (QED) is 0.579. The third-order valence-corrected chi connectivity index (χ3v) is 4.10. The summed E-state index contributed by atoms with van der Waals surface area (Å²) < 4.78 is 4.74. The van der Waals surface area contributed by atoms with Crippen LogP contribution in [-0.4, -0.2) is 35.4 Å². The molecule has 0 saturated carbocycles. The molecule has 0 spiro atoms. The van der Waals surface area contributed by atoms with Crippen LogP contribution in [0.1, 0.15) is 13.8 Å². The Bertz CT molecular complexity index is 526. The molecule has 0 unspecified atom stereocenters. The second-order valence-corrected chi connectivity index (χ2v) is 5.41. The molecule has 6 heteroatoms. The molecule has 0 N–H and O–H groups in total. The second-order valence-electron chi connectivity index (χ2n) is 4.33. The van der Waals surface area contributed by atoms with E-state index >= 15 is 0 Å². The van der Waals surface area contributed by atoms with E-state index in [2.05, 4.69) is 23.9 Å². The first-order chi connectivity index (χ1) is 9.76. The van der Waals surface area contributed by atoms with Crippen LogP contribution < -0.4 is 4.90 Å². The van der Waals surface area contributed by atoms with Gasteiger partial charge in [-0.1, -0.05) is 55.9 Å². The molecular formula is C14H19N3O2S. The highest BCUT2D eigenvalue weighted by molar-refractivity contribution is 7.99. The van der Waals surface area contributed by atoms with Crippen molar-refractivity contribution in [1.29, 1.82) is 0 Å². The van der Waals surface area contributed by atoms with Crippen LogP contribution in [0.2, 0.25) is 0 Å². The van der Waals surface area contributed by atoms with Gasteiger partial charge in [0.1, 0.15) is 0 Å². The Kier molecular flexibility index (Phi) is 5.43. The molecular weight excluding hydrogens is 274 g/mol. The zero-order valence-electron chi connectivity index (χ0n) is 11.8. The number of hydrogen-bond acceptors (Lipinski definition) is 5. The van der Waals surface area contributed by atoms with Gasteiger partial charge in [-0.25, -0.2) is 0 Å². The number of rotatable bonds is 7. The summed E-state index contributed by atoms with van der Waals surface area (Å²) >= 11 is 1.55. The van der Waals surface area contributed by atoms with Crippen LogP contribution >= 0.6 is 11.8 Å². The Morgan fingerprint density at radius 1 is 1.25 bits per heavy atom. The minimum Gasteiger partial charge on any atom is -0.359 e. The molecule has 1 aromatic carbocycles. The fraction of sp³-hybridized carbons (Fsp3) is 0.429. The van der Waals surface area contributed by atoms with Gasteiger partial charge >= 0.3 is 0 Å². The molecule has 2 aromatic rings. The number of nitrogens with zero attached hydrogens (tertiary/aromatic N) is 3. The van der Waals surface area contributed by atoms with Gasteiger partial charge < -0.3 is 10.1 Å². The molecule has 0 saturated heterocycles. The van der Waals surface area contributed by atoms with E-state index in [1.807, 2.05) is 30.3 Å². The topological polar surface area (TPSA) is 56.2 Å². The maximum absolute atomic E-state index is 11.7. The summed E-state index contributed by atoms with van der Waals surface area (Å²) in [5.41, 5.74) is 1.32. The van der Waals surface area contributed by atoms with Crippen molar-refractivity contribution in [3.05, 3.63) is 35.5 Å². The lowest BCUT2D eigenvalue weighted by molar-refractivity contribution is -0.793. The fourth-order valence-corrected chi connectivity index (χ4v) is 2.93. The molecule has 0 amide bonds. The summed E-state index contributed by atoms with van der Waals surface area (Å²) in [6.45, 7) is 7.32. The molecule has 0 atom stereocenters. The fourth-order valence-electron chi connectivity index (χ4n) is 1.97. The highest BCUT2D eigenvalue weighted by Crippen LogP contribution is 2.26. The lowest BCUT2D eigenvalue weighted by Crippen LogP contribution is -2.26. The Balaban J connectivity index is 2.06. The summed E-state index contributed by atoms with van der Waals surface area (Å²) in [5, 5.41) is 16.2. The van der Waals surface area contributed by atoms with E-state index in [0.29, 0.717) is 15.6 Å². The molecule has 0 aliphatic rings. The second kappa shape index (κ2) is 7.31. The maximum atomic E-state index is 11.7. The molecule has 0 aliphatic carbocycles. The summed E-state index contributed by atoms with van der Waals surface area (Å²) in [6, 6.07) is 9.48. The number of aromatic nitrogens is 2. The van der Waals surface area contributed by atoms with Crippen LogP contribution in [0.15, 0.2) is 40.0 Å². The van der Waals surface area contributed by atoms with E-state index in [4.69, 9.17) is 4.63 Å². The Labute approximate surface area is 123 Å². The monoisotopic (exact) mass is 293 g/mol. The zero-order valence-corrected chi connectivity index (χ0v) is 12.6. The Morgan fingerprint density at radius 3 is 2.60 bits per heavy atom. The predicted molar refractivity (Wildman–Crippen MR) is 79.4 cm³/mol. The molecule has 20 heavy (non-hydrogen) atoms. The molecule has 0 fully saturated rings. The summed E-state index contributed by atoms with van der Waals surface area (Å²) in [6.07, 6.45) is 0. The molecule has 2 rings (SSSR count). The van der Waals surface area contributed by atoms with Gasteiger partial charge in [0.25, 0.3) is 5.03 Å².